The molecule has 0 saturated carbocycles. The molecule has 1 atom stereocenters. The van der Waals surface area contributed by atoms with Gasteiger partial charge >= 0.3 is 0 Å². The smallest absolute Gasteiger partial charge is 0.261 e. The molecular weight excluding hydrogens is 354 g/mol. The average Bonchev–Trinajstić information content (AvgIpc) is 2.61. The molecule has 25 heavy (non-hydrogen) atoms. The van der Waals surface area contributed by atoms with Gasteiger partial charge in [0.15, 0.2) is 6.10 Å². The maximum Gasteiger partial charge on any atom is 0.261 e. The number of halogens is 1. The second-order valence-corrected chi connectivity index (χ2v) is 7.34. The molecule has 5 heteroatoms. The Morgan fingerprint density at radius 1 is 1.24 bits per heavy atom. The number of benzene rings is 2. The minimum Gasteiger partial charge on any atom is -0.481 e. The van der Waals surface area contributed by atoms with Crippen molar-refractivity contribution in [3.8, 4) is 5.75 Å². The molecule has 0 aliphatic carbocycles. The number of rotatable bonds is 9. The fourth-order valence-corrected chi connectivity index (χ4v) is 3.28. The molecule has 0 bridgehead atoms. The molecule has 0 heterocycles. The van der Waals surface area contributed by atoms with Crippen LogP contribution in [0.2, 0.25) is 5.02 Å². The van der Waals surface area contributed by atoms with Crippen LogP contribution in [0.1, 0.15) is 24.5 Å². The summed E-state index contributed by atoms with van der Waals surface area (Å²) in [6.07, 6.45) is 0.133. The van der Waals surface area contributed by atoms with Gasteiger partial charge < -0.3 is 10.1 Å². The van der Waals surface area contributed by atoms with Crippen molar-refractivity contribution in [2.75, 3.05) is 12.3 Å². The molecule has 134 valence electrons. The van der Waals surface area contributed by atoms with E-state index in [2.05, 4.69) is 36.5 Å². The van der Waals surface area contributed by atoms with Crippen molar-refractivity contribution in [3.05, 3.63) is 64.7 Å². The number of amides is 1. The van der Waals surface area contributed by atoms with E-state index in [4.69, 9.17) is 16.3 Å². The van der Waals surface area contributed by atoms with Gasteiger partial charge in [-0.3, -0.25) is 4.79 Å². The lowest BCUT2D eigenvalue weighted by Crippen LogP contribution is -2.39. The summed E-state index contributed by atoms with van der Waals surface area (Å²) in [6, 6.07) is 15.6. The summed E-state index contributed by atoms with van der Waals surface area (Å²) >= 11 is 7.67. The van der Waals surface area contributed by atoms with Gasteiger partial charge in [-0.1, -0.05) is 48.4 Å². The molecule has 1 N–H and O–H groups in total. The Hall–Kier alpha value is -1.65. The minimum atomic E-state index is -0.483. The first-order valence-electron chi connectivity index (χ1n) is 8.41. The van der Waals surface area contributed by atoms with E-state index in [0.29, 0.717) is 23.7 Å². The molecule has 2 aromatic rings. The zero-order valence-electron chi connectivity index (χ0n) is 14.6. The van der Waals surface area contributed by atoms with Gasteiger partial charge in [-0.05, 0) is 43.2 Å². The normalized spacial score (nSPS) is 11.8. The Bertz CT molecular complexity index is 676. The van der Waals surface area contributed by atoms with Gasteiger partial charge in [0.2, 0.25) is 0 Å². The summed E-state index contributed by atoms with van der Waals surface area (Å²) in [5, 5.41) is 3.60. The Morgan fingerprint density at radius 2 is 2.00 bits per heavy atom. The molecule has 2 rings (SSSR count). The summed E-state index contributed by atoms with van der Waals surface area (Å²) in [4.78, 5) is 12.3. The first-order chi connectivity index (χ1) is 12.1. The Balaban J connectivity index is 1.69. The molecule has 0 unspecified atom stereocenters. The van der Waals surface area contributed by atoms with Crippen LogP contribution in [0.3, 0.4) is 0 Å². The van der Waals surface area contributed by atoms with Gasteiger partial charge in [0.25, 0.3) is 5.91 Å². The summed E-state index contributed by atoms with van der Waals surface area (Å²) in [7, 11) is 0. The summed E-state index contributed by atoms with van der Waals surface area (Å²) in [6.45, 7) is 4.67. The third-order valence-electron chi connectivity index (χ3n) is 3.65. The molecule has 0 fully saturated rings. The van der Waals surface area contributed by atoms with Crippen molar-refractivity contribution in [1.82, 2.24) is 5.32 Å². The molecule has 0 aromatic heterocycles. The van der Waals surface area contributed by atoms with E-state index in [0.717, 1.165) is 11.5 Å². The fourth-order valence-electron chi connectivity index (χ4n) is 2.35. The lowest BCUT2D eigenvalue weighted by Gasteiger charge is -2.17. The first-order valence-corrected chi connectivity index (χ1v) is 9.95. The Kier molecular flexibility index (Phi) is 8.16. The van der Waals surface area contributed by atoms with E-state index in [9.17, 15) is 4.79 Å². The van der Waals surface area contributed by atoms with E-state index in [1.807, 2.05) is 18.7 Å². The molecule has 0 aliphatic rings. The monoisotopic (exact) mass is 377 g/mol. The number of aryl methyl sites for hydroxylation is 1. The number of hydrogen-bond acceptors (Lipinski definition) is 3. The van der Waals surface area contributed by atoms with Gasteiger partial charge in [0, 0.05) is 23.1 Å². The van der Waals surface area contributed by atoms with Crippen LogP contribution in [-0.4, -0.2) is 24.3 Å². The van der Waals surface area contributed by atoms with E-state index >= 15 is 0 Å². The lowest BCUT2D eigenvalue weighted by molar-refractivity contribution is -0.127. The summed E-state index contributed by atoms with van der Waals surface area (Å²) in [5.41, 5.74) is 2.59. The second-order valence-electron chi connectivity index (χ2n) is 5.80. The number of nitrogens with one attached hydrogen (secondary N) is 1. The van der Waals surface area contributed by atoms with Crippen LogP contribution in [-0.2, 0) is 10.5 Å². The number of thioether (sulfide) groups is 1. The van der Waals surface area contributed by atoms with Crippen molar-refractivity contribution >= 4 is 29.3 Å². The van der Waals surface area contributed by atoms with E-state index in [1.165, 1.54) is 11.1 Å². The van der Waals surface area contributed by atoms with Gasteiger partial charge in [0.1, 0.15) is 5.75 Å². The van der Waals surface area contributed by atoms with Gasteiger partial charge in [0.05, 0.1) is 0 Å². The predicted octanol–water partition coefficient (Wildman–Crippen LogP) is 4.86. The Labute approximate surface area is 159 Å². The molecule has 0 aliphatic heterocycles. The molecule has 3 nitrogen and oxygen atoms in total. The van der Waals surface area contributed by atoms with Crippen molar-refractivity contribution < 1.29 is 9.53 Å². The minimum absolute atomic E-state index is 0.0754. The number of hydrogen-bond donors (Lipinski definition) is 1. The standard InChI is InChI=1S/C20H24ClNO2S/c1-3-19(24-18-9-7-17(21)8-10-18)20(23)22-11-12-25-14-16-6-4-5-15(2)13-16/h4-10,13,19H,3,11-12,14H2,1-2H3,(H,22,23)/t19-/m1/s1. The zero-order valence-corrected chi connectivity index (χ0v) is 16.2. The van der Waals surface area contributed by atoms with Crippen LogP contribution in [0.25, 0.3) is 0 Å². The van der Waals surface area contributed by atoms with E-state index in [1.54, 1.807) is 24.3 Å². The quantitative estimate of drug-likeness (QED) is 0.634. The SMILES string of the molecule is CC[C@@H](Oc1ccc(Cl)cc1)C(=O)NCCSCc1cccc(C)c1. The molecule has 2 aromatic carbocycles. The van der Waals surface area contributed by atoms with E-state index < -0.39 is 6.10 Å². The molecule has 0 saturated heterocycles. The third kappa shape index (κ3) is 7.00. The van der Waals surface area contributed by atoms with Crippen molar-refractivity contribution in [2.45, 2.75) is 32.1 Å². The second kappa shape index (κ2) is 10.4. The third-order valence-corrected chi connectivity index (χ3v) is 4.93. The highest BCUT2D eigenvalue weighted by Crippen LogP contribution is 2.18. The maximum absolute atomic E-state index is 12.3. The van der Waals surface area contributed by atoms with Crippen LogP contribution < -0.4 is 10.1 Å². The molecule has 0 spiro atoms. The van der Waals surface area contributed by atoms with Crippen molar-refractivity contribution in [3.63, 3.8) is 0 Å². The van der Waals surface area contributed by atoms with Crippen molar-refractivity contribution in [2.24, 2.45) is 0 Å². The highest BCUT2D eigenvalue weighted by atomic mass is 35.5. The van der Waals surface area contributed by atoms with E-state index in [-0.39, 0.29) is 5.91 Å². The molecular formula is C20H24ClNO2S. The van der Waals surface area contributed by atoms with Gasteiger partial charge in [-0.15, -0.1) is 0 Å². The first kappa shape index (κ1) is 19.7. The van der Waals surface area contributed by atoms with Crippen LogP contribution >= 0.6 is 23.4 Å². The van der Waals surface area contributed by atoms with Crippen LogP contribution in [0.15, 0.2) is 48.5 Å². The topological polar surface area (TPSA) is 38.3 Å². The zero-order chi connectivity index (χ0) is 18.1. The summed E-state index contributed by atoms with van der Waals surface area (Å²) in [5.74, 6) is 2.40. The number of carbonyl (C=O) groups excluding carboxylic acids is 1. The fraction of sp³-hybridized carbons (Fsp3) is 0.350. The van der Waals surface area contributed by atoms with Gasteiger partial charge in [-0.2, -0.15) is 11.8 Å². The Morgan fingerprint density at radius 3 is 2.68 bits per heavy atom. The predicted molar refractivity (Wildman–Crippen MR) is 107 cm³/mol. The maximum atomic E-state index is 12.3. The number of carbonyl (C=O) groups is 1. The highest BCUT2D eigenvalue weighted by Gasteiger charge is 2.17. The highest BCUT2D eigenvalue weighted by molar-refractivity contribution is 7.98. The van der Waals surface area contributed by atoms with Crippen molar-refractivity contribution in [1.29, 1.82) is 0 Å². The van der Waals surface area contributed by atoms with Gasteiger partial charge in [-0.25, -0.2) is 0 Å². The lowest BCUT2D eigenvalue weighted by atomic mass is 10.2. The average molecular weight is 378 g/mol. The molecule has 1 amide bonds. The van der Waals surface area contributed by atoms with Crippen LogP contribution in [0, 0.1) is 6.92 Å². The largest absolute Gasteiger partial charge is 0.481 e. The molecule has 0 radical (unpaired) electrons. The van der Waals surface area contributed by atoms with Crippen LogP contribution in [0.4, 0.5) is 0 Å². The summed E-state index contributed by atoms with van der Waals surface area (Å²) < 4.78 is 5.74. The van der Waals surface area contributed by atoms with Crippen LogP contribution in [0.5, 0.6) is 5.75 Å². The number of ether oxygens (including phenoxy) is 1.